The molecule has 19 heteroatoms. The number of amides is 5. The summed E-state index contributed by atoms with van der Waals surface area (Å²) in [6, 6.07) is 18.9. The number of carbonyl (C=O) groups is 5. The quantitative estimate of drug-likeness (QED) is 0.0587. The van der Waals surface area contributed by atoms with E-state index in [1.54, 1.807) is 36.5 Å². The largest absolute Gasteiger partial charge is 0.494 e. The van der Waals surface area contributed by atoms with Crippen molar-refractivity contribution in [2.45, 2.75) is 70.1 Å². The molecular formula is C47H52N10O9. The molecule has 5 aromatic rings. The zero-order valence-corrected chi connectivity index (χ0v) is 36.6. The predicted molar refractivity (Wildman–Crippen MR) is 239 cm³/mol. The Morgan fingerprint density at radius 1 is 0.909 bits per heavy atom. The molecule has 2 aromatic heterocycles. The number of hydrogen-bond acceptors (Lipinski definition) is 14. The average molecular weight is 901 g/mol. The molecule has 344 valence electrons. The summed E-state index contributed by atoms with van der Waals surface area (Å²) in [4.78, 5) is 72.9. The fourth-order valence-corrected chi connectivity index (χ4v) is 8.06. The van der Waals surface area contributed by atoms with Gasteiger partial charge in [0.2, 0.25) is 17.7 Å². The van der Waals surface area contributed by atoms with Gasteiger partial charge >= 0.3 is 0 Å². The van der Waals surface area contributed by atoms with Gasteiger partial charge in [0, 0.05) is 86.1 Å². The number of imide groups is 1. The highest BCUT2D eigenvalue weighted by Gasteiger charge is 2.40. The molecule has 3 aliphatic heterocycles. The summed E-state index contributed by atoms with van der Waals surface area (Å²) in [5.41, 5.74) is 4.39. The number of rotatable bonds is 21. The van der Waals surface area contributed by atoms with Crippen LogP contribution in [0.3, 0.4) is 0 Å². The lowest BCUT2D eigenvalue weighted by Crippen LogP contribution is -2.52. The van der Waals surface area contributed by atoms with Gasteiger partial charge in [0.05, 0.1) is 25.8 Å². The van der Waals surface area contributed by atoms with Crippen LogP contribution in [0.15, 0.2) is 79.3 Å². The summed E-state index contributed by atoms with van der Waals surface area (Å²) >= 11 is 0. The van der Waals surface area contributed by atoms with Crippen molar-refractivity contribution < 1.29 is 42.9 Å². The predicted octanol–water partition coefficient (Wildman–Crippen LogP) is 4.51. The number of nitrogens with one attached hydrogen (secondary N) is 4. The molecule has 19 nitrogen and oxygen atoms in total. The van der Waals surface area contributed by atoms with E-state index in [9.17, 15) is 24.0 Å². The van der Waals surface area contributed by atoms with Gasteiger partial charge in [-0.05, 0) is 86.7 Å². The molecule has 0 unspecified atom stereocenters. The van der Waals surface area contributed by atoms with Crippen molar-refractivity contribution in [2.75, 3.05) is 50.3 Å². The topological polar surface area (TPSA) is 230 Å². The van der Waals surface area contributed by atoms with Crippen LogP contribution in [0.25, 0.3) is 11.5 Å². The Morgan fingerprint density at radius 3 is 2.62 bits per heavy atom. The molecule has 0 radical (unpaired) electrons. The zero-order chi connectivity index (χ0) is 45.8. The van der Waals surface area contributed by atoms with E-state index < -0.39 is 11.9 Å². The van der Waals surface area contributed by atoms with Crippen molar-refractivity contribution in [3.05, 3.63) is 107 Å². The van der Waals surface area contributed by atoms with E-state index in [1.807, 2.05) is 48.0 Å². The molecule has 4 N–H and O–H groups in total. The Hall–Kier alpha value is -7.25. The first-order valence-electron chi connectivity index (χ1n) is 22.1. The van der Waals surface area contributed by atoms with Gasteiger partial charge in [0.1, 0.15) is 36.2 Å². The van der Waals surface area contributed by atoms with Crippen molar-refractivity contribution in [3.63, 3.8) is 0 Å². The van der Waals surface area contributed by atoms with Crippen LogP contribution in [-0.4, -0.2) is 105 Å². The minimum Gasteiger partial charge on any atom is -0.494 e. The summed E-state index contributed by atoms with van der Waals surface area (Å²) in [6.45, 7) is 2.85. The van der Waals surface area contributed by atoms with Crippen molar-refractivity contribution in [1.29, 1.82) is 0 Å². The second-order valence-corrected chi connectivity index (χ2v) is 16.1. The first-order valence-corrected chi connectivity index (χ1v) is 22.1. The summed E-state index contributed by atoms with van der Waals surface area (Å²) in [5.74, 6) is 1.09. The Kier molecular flexibility index (Phi) is 14.8. The number of carbonyl (C=O) groups excluding carboxylic acids is 5. The van der Waals surface area contributed by atoms with E-state index in [1.165, 1.54) is 11.2 Å². The molecule has 8 rings (SSSR count). The zero-order valence-electron chi connectivity index (χ0n) is 36.6. The minimum atomic E-state index is -0.733. The maximum absolute atomic E-state index is 13.5. The normalized spacial score (nSPS) is 16.5. The number of hydrogen-bond donors (Lipinski definition) is 4. The van der Waals surface area contributed by atoms with Gasteiger partial charge in [-0.2, -0.15) is 0 Å². The number of fused-ring (bicyclic) bond motifs is 2. The number of anilines is 2. The van der Waals surface area contributed by atoms with Crippen LogP contribution in [0.5, 0.6) is 11.5 Å². The highest BCUT2D eigenvalue weighted by atomic mass is 16.5. The third-order valence-corrected chi connectivity index (χ3v) is 11.5. The second-order valence-electron chi connectivity index (χ2n) is 16.1. The van der Waals surface area contributed by atoms with Gasteiger partial charge < -0.3 is 44.4 Å². The Bertz CT molecular complexity index is 2550. The van der Waals surface area contributed by atoms with Crippen LogP contribution < -0.4 is 30.7 Å². The molecule has 5 amide bonds. The number of ether oxygens (including phenoxy) is 4. The number of piperidine rings is 1. The highest BCUT2D eigenvalue weighted by molar-refractivity contribution is 6.07. The van der Waals surface area contributed by atoms with Crippen molar-refractivity contribution in [2.24, 2.45) is 7.05 Å². The van der Waals surface area contributed by atoms with Crippen LogP contribution in [0.2, 0.25) is 0 Å². The molecular weight excluding hydrogens is 849 g/mol. The smallest absolute Gasteiger partial charge is 0.255 e. The van der Waals surface area contributed by atoms with Crippen LogP contribution in [0.4, 0.5) is 11.4 Å². The molecule has 3 aromatic carbocycles. The van der Waals surface area contributed by atoms with Gasteiger partial charge in [0.15, 0.2) is 11.6 Å². The molecule has 2 atom stereocenters. The van der Waals surface area contributed by atoms with Gasteiger partial charge in [-0.25, -0.2) is 9.97 Å². The number of benzene rings is 3. The van der Waals surface area contributed by atoms with E-state index in [0.717, 1.165) is 36.3 Å². The SMILES string of the molecule is Cn1c(CNc2cccc(C(=O)N[C@H]3CCOc4ccc(OCCCCCOCCCOCC(=O)Nc5cccc6c5CN([C@H]5CCC(=O)NC5=O)C6=O)cc43)c2)nnc1-c1ccncn1. The Labute approximate surface area is 381 Å². The van der Waals surface area contributed by atoms with E-state index >= 15 is 0 Å². The molecule has 66 heavy (non-hydrogen) atoms. The van der Waals surface area contributed by atoms with E-state index in [-0.39, 0.29) is 55.7 Å². The minimum absolute atomic E-state index is 0.158. The van der Waals surface area contributed by atoms with Gasteiger partial charge in [-0.1, -0.05) is 12.1 Å². The van der Waals surface area contributed by atoms with E-state index in [4.69, 9.17) is 18.9 Å². The molecule has 1 saturated heterocycles. The maximum Gasteiger partial charge on any atom is 0.255 e. The monoisotopic (exact) mass is 900 g/mol. The summed E-state index contributed by atoms with van der Waals surface area (Å²) in [5, 5.41) is 20.2. The summed E-state index contributed by atoms with van der Waals surface area (Å²) in [6.07, 6.45) is 7.43. The molecule has 5 heterocycles. The first kappa shape index (κ1) is 45.3. The van der Waals surface area contributed by atoms with E-state index in [2.05, 4.69) is 41.4 Å². The average Bonchev–Trinajstić information content (AvgIpc) is 3.87. The summed E-state index contributed by atoms with van der Waals surface area (Å²) in [7, 11) is 1.88. The highest BCUT2D eigenvalue weighted by Crippen LogP contribution is 2.36. The van der Waals surface area contributed by atoms with E-state index in [0.29, 0.717) is 97.9 Å². The number of aromatic nitrogens is 5. The molecule has 0 spiro atoms. The third-order valence-electron chi connectivity index (χ3n) is 11.5. The van der Waals surface area contributed by atoms with Crippen LogP contribution >= 0.6 is 0 Å². The maximum atomic E-state index is 13.5. The van der Waals surface area contributed by atoms with Crippen LogP contribution in [0, 0.1) is 0 Å². The summed E-state index contributed by atoms with van der Waals surface area (Å²) < 4.78 is 25.2. The fourth-order valence-electron chi connectivity index (χ4n) is 8.06. The lowest BCUT2D eigenvalue weighted by molar-refractivity contribution is -0.137. The van der Waals surface area contributed by atoms with Crippen molar-refractivity contribution >= 4 is 40.9 Å². The van der Waals surface area contributed by atoms with Crippen LogP contribution in [-0.2, 0) is 44.0 Å². The van der Waals surface area contributed by atoms with Crippen molar-refractivity contribution in [3.8, 4) is 23.0 Å². The van der Waals surface area contributed by atoms with Crippen molar-refractivity contribution in [1.82, 2.24) is 40.3 Å². The second kappa shape index (κ2) is 21.6. The lowest BCUT2D eigenvalue weighted by atomic mass is 9.99. The van der Waals surface area contributed by atoms with Gasteiger partial charge in [-0.15, -0.1) is 10.2 Å². The standard InChI is InChI=1S/C47H52N10O9/c1-56-41(54-55-44(56)38-16-18-48-29-50-38)26-49-31-9-5-8-30(24-31)45(60)52-37-17-23-66-40-14-12-32(25-34(37)40)65-22-4-2-3-19-63-20-7-21-64-28-43(59)51-36-11-6-10-33-35(36)27-57(47(33)62)39-13-15-42(58)53-46(39)61/h5-6,8-12,14,16,18,24-25,29,37,39,49H,2-4,7,13,15,17,19-23,26-28H2,1H3,(H,51,59)(H,52,60)(H,53,58,61)/t37-,39-/m0/s1. The first-order chi connectivity index (χ1) is 32.2. The van der Waals surface area contributed by atoms with Crippen LogP contribution in [0.1, 0.15) is 88.7 Å². The lowest BCUT2D eigenvalue weighted by Gasteiger charge is -2.29. The molecule has 3 aliphatic rings. The molecule has 0 aliphatic carbocycles. The number of unbranched alkanes of at least 4 members (excludes halogenated alkanes) is 2. The molecule has 0 saturated carbocycles. The van der Waals surface area contributed by atoms with Gasteiger partial charge in [0.25, 0.3) is 11.8 Å². The number of nitrogens with zero attached hydrogens (tertiary/aromatic N) is 6. The molecule has 1 fully saturated rings. The Morgan fingerprint density at radius 2 is 1.76 bits per heavy atom. The van der Waals surface area contributed by atoms with Gasteiger partial charge in [-0.3, -0.25) is 29.3 Å². The fraction of sp³-hybridized carbons (Fsp3) is 0.383. The Balaban J connectivity index is 0.692. The molecule has 0 bridgehead atoms. The third kappa shape index (κ3) is 11.2.